The van der Waals surface area contributed by atoms with Crippen LogP contribution in [0.4, 0.5) is 9.18 Å². The molecule has 1 saturated heterocycles. The van der Waals surface area contributed by atoms with Gasteiger partial charge in [0.05, 0.1) is 18.6 Å². The Labute approximate surface area is 199 Å². The number of thioether (sulfide) groups is 1. The summed E-state index contributed by atoms with van der Waals surface area (Å²) in [5.74, 6) is 0.329. The number of hydrogen-bond acceptors (Lipinski definition) is 5. The van der Waals surface area contributed by atoms with Crippen molar-refractivity contribution < 1.29 is 23.5 Å². The summed E-state index contributed by atoms with van der Waals surface area (Å²) in [6.45, 7) is 0.429. The standard InChI is InChI=1S/C25H19ClFNO4S/c1-31-22-12-18(6-11-21(22)32-15-17-4-9-20(27)10-5-17)13-23-24(29)28(25(30)33-23)14-16-2-7-19(26)8-3-16/h2-13H,14-15H2,1H3/b23-13-. The summed E-state index contributed by atoms with van der Waals surface area (Å²) in [5.41, 5.74) is 2.32. The maximum Gasteiger partial charge on any atom is 0.293 e. The number of ether oxygens (including phenoxy) is 2. The van der Waals surface area contributed by atoms with Crippen LogP contribution in [-0.4, -0.2) is 23.2 Å². The third-order valence-electron chi connectivity index (χ3n) is 4.92. The average molecular weight is 484 g/mol. The zero-order chi connectivity index (χ0) is 23.4. The Balaban J connectivity index is 1.47. The highest BCUT2D eigenvalue weighted by atomic mass is 35.5. The zero-order valence-corrected chi connectivity index (χ0v) is 19.2. The summed E-state index contributed by atoms with van der Waals surface area (Å²) in [5, 5.41) is 0.263. The molecule has 0 aromatic heterocycles. The highest BCUT2D eigenvalue weighted by molar-refractivity contribution is 8.18. The highest BCUT2D eigenvalue weighted by Crippen LogP contribution is 2.35. The fraction of sp³-hybridized carbons (Fsp3) is 0.120. The fourth-order valence-corrected chi connectivity index (χ4v) is 4.16. The van der Waals surface area contributed by atoms with Gasteiger partial charge < -0.3 is 9.47 Å². The minimum atomic E-state index is -0.351. The predicted molar refractivity (Wildman–Crippen MR) is 127 cm³/mol. The van der Waals surface area contributed by atoms with E-state index in [1.54, 1.807) is 60.7 Å². The number of amides is 2. The summed E-state index contributed by atoms with van der Waals surface area (Å²) in [6, 6.07) is 18.3. The molecule has 1 heterocycles. The normalized spacial score (nSPS) is 14.8. The molecular weight excluding hydrogens is 465 g/mol. The van der Waals surface area contributed by atoms with E-state index in [-0.39, 0.29) is 30.1 Å². The summed E-state index contributed by atoms with van der Waals surface area (Å²) in [6.07, 6.45) is 1.65. The van der Waals surface area contributed by atoms with E-state index >= 15 is 0 Å². The number of imide groups is 1. The molecule has 0 spiro atoms. The number of rotatable bonds is 7. The molecule has 2 amide bonds. The van der Waals surface area contributed by atoms with Crippen LogP contribution in [0, 0.1) is 5.82 Å². The number of methoxy groups -OCH3 is 1. The average Bonchev–Trinajstić information content (AvgIpc) is 3.07. The zero-order valence-electron chi connectivity index (χ0n) is 17.6. The Morgan fingerprint density at radius 1 is 0.970 bits per heavy atom. The molecule has 33 heavy (non-hydrogen) atoms. The van der Waals surface area contributed by atoms with Crippen molar-refractivity contribution in [2.45, 2.75) is 13.2 Å². The summed E-state index contributed by atoms with van der Waals surface area (Å²) < 4.78 is 24.3. The second-order valence-electron chi connectivity index (χ2n) is 7.22. The van der Waals surface area contributed by atoms with E-state index < -0.39 is 0 Å². The molecule has 0 aliphatic carbocycles. The molecule has 0 radical (unpaired) electrons. The van der Waals surface area contributed by atoms with Crippen LogP contribution < -0.4 is 9.47 Å². The van der Waals surface area contributed by atoms with Gasteiger partial charge in [-0.3, -0.25) is 14.5 Å². The van der Waals surface area contributed by atoms with Crippen LogP contribution in [0.3, 0.4) is 0 Å². The first-order valence-corrected chi connectivity index (χ1v) is 11.2. The van der Waals surface area contributed by atoms with E-state index in [1.165, 1.54) is 24.1 Å². The Bertz CT molecular complexity index is 1210. The van der Waals surface area contributed by atoms with Gasteiger partial charge in [0.2, 0.25) is 0 Å². The molecule has 168 valence electrons. The van der Waals surface area contributed by atoms with E-state index in [0.29, 0.717) is 27.0 Å². The Kier molecular flexibility index (Phi) is 7.01. The first-order valence-electron chi connectivity index (χ1n) is 9.98. The van der Waals surface area contributed by atoms with Gasteiger partial charge >= 0.3 is 0 Å². The van der Waals surface area contributed by atoms with Crippen LogP contribution in [0.5, 0.6) is 11.5 Å². The molecule has 0 atom stereocenters. The molecule has 1 aliphatic rings. The summed E-state index contributed by atoms with van der Waals surface area (Å²) >= 11 is 6.79. The van der Waals surface area contributed by atoms with Crippen LogP contribution >= 0.6 is 23.4 Å². The lowest BCUT2D eigenvalue weighted by atomic mass is 10.1. The first-order chi connectivity index (χ1) is 15.9. The highest BCUT2D eigenvalue weighted by Gasteiger charge is 2.35. The number of hydrogen-bond donors (Lipinski definition) is 0. The summed E-state index contributed by atoms with van der Waals surface area (Å²) in [7, 11) is 1.52. The number of halogens is 2. The predicted octanol–water partition coefficient (Wildman–Crippen LogP) is 6.30. The van der Waals surface area contributed by atoms with E-state index in [1.807, 2.05) is 0 Å². The Morgan fingerprint density at radius 2 is 1.67 bits per heavy atom. The van der Waals surface area contributed by atoms with Gasteiger partial charge in [0, 0.05) is 5.02 Å². The lowest BCUT2D eigenvalue weighted by Gasteiger charge is -2.12. The fourth-order valence-electron chi connectivity index (χ4n) is 3.19. The molecule has 5 nitrogen and oxygen atoms in total. The van der Waals surface area contributed by atoms with Crippen molar-refractivity contribution in [2.75, 3.05) is 7.11 Å². The van der Waals surface area contributed by atoms with Crippen LogP contribution in [0.25, 0.3) is 6.08 Å². The number of nitrogens with zero attached hydrogens (tertiary/aromatic N) is 1. The van der Waals surface area contributed by atoms with Crippen LogP contribution in [0.15, 0.2) is 71.6 Å². The molecule has 0 saturated carbocycles. The van der Waals surface area contributed by atoms with E-state index in [9.17, 15) is 14.0 Å². The van der Waals surface area contributed by atoms with Gasteiger partial charge in [-0.05, 0) is 70.9 Å². The van der Waals surface area contributed by atoms with Crippen molar-refractivity contribution in [3.63, 3.8) is 0 Å². The largest absolute Gasteiger partial charge is 0.493 e. The first kappa shape index (κ1) is 22.9. The molecular formula is C25H19ClFNO4S. The number of benzene rings is 3. The second-order valence-corrected chi connectivity index (χ2v) is 8.65. The van der Waals surface area contributed by atoms with Gasteiger partial charge in [0.25, 0.3) is 11.1 Å². The smallest absolute Gasteiger partial charge is 0.293 e. The maximum atomic E-state index is 13.1. The van der Waals surface area contributed by atoms with Crippen LogP contribution in [0.2, 0.25) is 5.02 Å². The molecule has 0 N–H and O–H groups in total. The lowest BCUT2D eigenvalue weighted by molar-refractivity contribution is -0.123. The van der Waals surface area contributed by atoms with E-state index in [0.717, 1.165) is 22.9 Å². The van der Waals surface area contributed by atoms with E-state index in [2.05, 4.69) is 0 Å². The van der Waals surface area contributed by atoms with Crippen molar-refractivity contribution in [1.82, 2.24) is 4.90 Å². The molecule has 0 bridgehead atoms. The molecule has 3 aromatic rings. The van der Waals surface area contributed by atoms with Gasteiger partial charge in [0.1, 0.15) is 12.4 Å². The number of carbonyl (C=O) groups excluding carboxylic acids is 2. The minimum absolute atomic E-state index is 0.179. The van der Waals surface area contributed by atoms with Gasteiger partial charge in [-0.1, -0.05) is 41.9 Å². The van der Waals surface area contributed by atoms with Crippen LogP contribution in [0.1, 0.15) is 16.7 Å². The van der Waals surface area contributed by atoms with Crippen molar-refractivity contribution >= 4 is 40.6 Å². The van der Waals surface area contributed by atoms with Crippen molar-refractivity contribution in [2.24, 2.45) is 0 Å². The van der Waals surface area contributed by atoms with E-state index in [4.69, 9.17) is 21.1 Å². The molecule has 1 fully saturated rings. The molecule has 1 aliphatic heterocycles. The third-order valence-corrected chi connectivity index (χ3v) is 6.08. The molecule has 0 unspecified atom stereocenters. The Hall–Kier alpha value is -3.29. The van der Waals surface area contributed by atoms with Crippen molar-refractivity contribution in [1.29, 1.82) is 0 Å². The van der Waals surface area contributed by atoms with Crippen molar-refractivity contribution in [3.8, 4) is 11.5 Å². The monoisotopic (exact) mass is 483 g/mol. The molecule has 4 rings (SSSR count). The molecule has 3 aromatic carbocycles. The Morgan fingerprint density at radius 3 is 2.36 bits per heavy atom. The minimum Gasteiger partial charge on any atom is -0.493 e. The SMILES string of the molecule is COc1cc(/C=C2\SC(=O)N(Cc3ccc(Cl)cc3)C2=O)ccc1OCc1ccc(F)cc1. The lowest BCUT2D eigenvalue weighted by Crippen LogP contribution is -2.27. The van der Waals surface area contributed by atoms with Gasteiger partial charge in [-0.2, -0.15) is 0 Å². The quantitative estimate of drug-likeness (QED) is 0.369. The third kappa shape index (κ3) is 5.56. The van der Waals surface area contributed by atoms with Crippen LogP contribution in [-0.2, 0) is 17.9 Å². The summed E-state index contributed by atoms with van der Waals surface area (Å²) in [4.78, 5) is 26.7. The second kappa shape index (κ2) is 10.1. The molecule has 8 heteroatoms. The van der Waals surface area contributed by atoms with Gasteiger partial charge in [-0.25, -0.2) is 4.39 Å². The maximum absolute atomic E-state index is 13.1. The van der Waals surface area contributed by atoms with Gasteiger partial charge in [0.15, 0.2) is 11.5 Å². The number of carbonyl (C=O) groups is 2. The van der Waals surface area contributed by atoms with Crippen molar-refractivity contribution in [3.05, 3.63) is 99.2 Å². The van der Waals surface area contributed by atoms with Gasteiger partial charge in [-0.15, -0.1) is 0 Å². The topological polar surface area (TPSA) is 55.8 Å².